The first-order chi connectivity index (χ1) is 27.3. The summed E-state index contributed by atoms with van der Waals surface area (Å²) < 4.78 is 21.9. The monoisotopic (exact) mass is 707 g/mol. The maximum atomic E-state index is 6.75. The highest BCUT2D eigenvalue weighted by Gasteiger charge is 2.26. The molecular formula is C49H29N3O3. The summed E-state index contributed by atoms with van der Waals surface area (Å²) in [5, 5.41) is 6.34. The van der Waals surface area contributed by atoms with Crippen molar-refractivity contribution in [2.75, 3.05) is 4.90 Å². The van der Waals surface area contributed by atoms with Crippen LogP contribution < -0.4 is 4.90 Å². The lowest BCUT2D eigenvalue weighted by molar-refractivity contribution is 0.619. The highest BCUT2D eigenvalue weighted by atomic mass is 16.4. The standard InChI is InChI=1S/C49H29N3O3/c1-3-13-30(14-4-1)49-50-46-44(55-49)28-27-43-45(46)37-29-32(25-26-42(37)53-43)51(40-23-12-20-36-34-18-8-10-24-41(34)54-48(36)40)39-22-11-19-35-33-17-7-9-21-38(33)52(47(35)39)31-15-5-2-6-16-31/h1-29H. The molecule has 12 aromatic rings. The van der Waals surface area contributed by atoms with E-state index in [0.29, 0.717) is 11.5 Å². The van der Waals surface area contributed by atoms with Crippen LogP contribution in [0.5, 0.6) is 0 Å². The lowest BCUT2D eigenvalue weighted by atomic mass is 10.1. The van der Waals surface area contributed by atoms with Gasteiger partial charge in [-0.15, -0.1) is 0 Å². The van der Waals surface area contributed by atoms with Crippen LogP contribution in [0, 0.1) is 0 Å². The van der Waals surface area contributed by atoms with E-state index in [0.717, 1.165) is 94.1 Å². The van der Waals surface area contributed by atoms with Gasteiger partial charge in [0.05, 0.1) is 27.8 Å². The third-order valence-electron chi connectivity index (χ3n) is 10.8. The molecule has 6 heteroatoms. The minimum absolute atomic E-state index is 0.576. The Morgan fingerprint density at radius 3 is 2.00 bits per heavy atom. The Hall–Kier alpha value is -7.57. The summed E-state index contributed by atoms with van der Waals surface area (Å²) in [7, 11) is 0. The summed E-state index contributed by atoms with van der Waals surface area (Å²) in [6.45, 7) is 0. The fraction of sp³-hybridized carbons (Fsp3) is 0. The van der Waals surface area contributed by atoms with E-state index in [4.69, 9.17) is 18.2 Å². The van der Waals surface area contributed by atoms with Crippen LogP contribution in [-0.4, -0.2) is 9.55 Å². The molecule has 0 radical (unpaired) electrons. The van der Waals surface area contributed by atoms with Crippen LogP contribution in [0.1, 0.15) is 0 Å². The van der Waals surface area contributed by atoms with Crippen LogP contribution in [0.3, 0.4) is 0 Å². The normalized spacial score (nSPS) is 12.0. The zero-order valence-corrected chi connectivity index (χ0v) is 29.3. The predicted molar refractivity (Wildman–Crippen MR) is 223 cm³/mol. The maximum Gasteiger partial charge on any atom is 0.227 e. The Balaban J connectivity index is 1.19. The van der Waals surface area contributed by atoms with E-state index in [1.165, 1.54) is 5.39 Å². The molecule has 0 amide bonds. The fourth-order valence-electron chi connectivity index (χ4n) is 8.43. The summed E-state index contributed by atoms with van der Waals surface area (Å²) in [5.41, 5.74) is 11.8. The minimum atomic E-state index is 0.576. The molecular weight excluding hydrogens is 679 g/mol. The molecule has 0 spiro atoms. The highest BCUT2D eigenvalue weighted by molar-refractivity contribution is 6.19. The molecule has 0 aliphatic heterocycles. The zero-order valence-electron chi connectivity index (χ0n) is 29.3. The van der Waals surface area contributed by atoms with Crippen molar-refractivity contribution in [2.24, 2.45) is 0 Å². The average molecular weight is 708 g/mol. The average Bonchev–Trinajstić information content (AvgIpc) is 4.02. The van der Waals surface area contributed by atoms with E-state index in [1.54, 1.807) is 0 Å². The van der Waals surface area contributed by atoms with Crippen molar-refractivity contribution in [3.05, 3.63) is 176 Å². The van der Waals surface area contributed by atoms with Gasteiger partial charge in [-0.05, 0) is 78.9 Å². The maximum absolute atomic E-state index is 6.75. The largest absolute Gasteiger partial charge is 0.456 e. The van der Waals surface area contributed by atoms with E-state index in [2.05, 4.69) is 131 Å². The van der Waals surface area contributed by atoms with Crippen molar-refractivity contribution < 1.29 is 13.3 Å². The summed E-state index contributed by atoms with van der Waals surface area (Å²) >= 11 is 0. The van der Waals surface area contributed by atoms with Gasteiger partial charge in [0.1, 0.15) is 22.3 Å². The Bertz CT molecular complexity index is 3440. The Kier molecular flexibility index (Phi) is 6.24. The number of furan rings is 2. The predicted octanol–water partition coefficient (Wildman–Crippen LogP) is 13.9. The van der Waals surface area contributed by atoms with Gasteiger partial charge in [-0.1, -0.05) is 97.1 Å². The molecule has 0 saturated carbocycles. The molecule has 6 nitrogen and oxygen atoms in total. The molecule has 4 heterocycles. The van der Waals surface area contributed by atoms with E-state index in [9.17, 15) is 0 Å². The first kappa shape index (κ1) is 29.9. The van der Waals surface area contributed by atoms with Crippen molar-refractivity contribution in [3.63, 3.8) is 0 Å². The summed E-state index contributed by atoms with van der Waals surface area (Å²) in [4.78, 5) is 7.38. The molecule has 55 heavy (non-hydrogen) atoms. The molecule has 0 N–H and O–H groups in total. The molecule has 0 bridgehead atoms. The van der Waals surface area contributed by atoms with Gasteiger partial charge >= 0.3 is 0 Å². The van der Waals surface area contributed by atoms with Crippen molar-refractivity contribution in [1.82, 2.24) is 9.55 Å². The van der Waals surface area contributed by atoms with Gasteiger partial charge in [0.2, 0.25) is 5.89 Å². The number of para-hydroxylation sites is 5. The first-order valence-corrected chi connectivity index (χ1v) is 18.4. The second-order valence-electron chi connectivity index (χ2n) is 13.9. The number of hydrogen-bond acceptors (Lipinski definition) is 5. The van der Waals surface area contributed by atoms with Crippen molar-refractivity contribution in [3.8, 4) is 17.1 Å². The molecule has 0 unspecified atom stereocenters. The lowest BCUT2D eigenvalue weighted by Crippen LogP contribution is -2.12. The topological polar surface area (TPSA) is 60.5 Å². The summed E-state index contributed by atoms with van der Waals surface area (Å²) in [6.07, 6.45) is 0. The molecule has 4 aromatic heterocycles. The SMILES string of the molecule is c1ccc(-c2nc3c(ccc4oc5ccc(N(c6cccc7c6oc6ccccc67)c6cccc7c8ccccc8n(-c8ccccc8)c67)cc5c43)o2)cc1. The molecule has 0 aliphatic rings. The minimum Gasteiger partial charge on any atom is -0.456 e. The van der Waals surface area contributed by atoms with E-state index in [-0.39, 0.29) is 0 Å². The lowest BCUT2D eigenvalue weighted by Gasteiger charge is -2.27. The third kappa shape index (κ3) is 4.39. The van der Waals surface area contributed by atoms with Crippen LogP contribution in [-0.2, 0) is 0 Å². The van der Waals surface area contributed by atoms with Crippen LogP contribution in [0.15, 0.2) is 189 Å². The quantitative estimate of drug-likeness (QED) is 0.178. The highest BCUT2D eigenvalue weighted by Crippen LogP contribution is 2.48. The molecule has 0 fully saturated rings. The molecule has 258 valence electrons. The molecule has 12 rings (SSSR count). The van der Waals surface area contributed by atoms with Crippen LogP contribution in [0.25, 0.3) is 93.9 Å². The van der Waals surface area contributed by atoms with Crippen molar-refractivity contribution >= 4 is 93.8 Å². The van der Waals surface area contributed by atoms with Gasteiger partial charge in [0, 0.05) is 43.9 Å². The van der Waals surface area contributed by atoms with Gasteiger partial charge in [-0.25, -0.2) is 4.98 Å². The molecule has 8 aromatic carbocycles. The second-order valence-corrected chi connectivity index (χ2v) is 13.9. The van der Waals surface area contributed by atoms with Crippen LogP contribution in [0.4, 0.5) is 17.1 Å². The van der Waals surface area contributed by atoms with Crippen molar-refractivity contribution in [2.45, 2.75) is 0 Å². The Morgan fingerprint density at radius 2 is 1.13 bits per heavy atom. The van der Waals surface area contributed by atoms with E-state index in [1.807, 2.05) is 54.6 Å². The third-order valence-corrected chi connectivity index (χ3v) is 10.8. The molecule has 0 aliphatic carbocycles. The Labute approximate surface area is 313 Å². The smallest absolute Gasteiger partial charge is 0.227 e. The number of anilines is 3. The fourth-order valence-corrected chi connectivity index (χ4v) is 8.43. The van der Waals surface area contributed by atoms with Crippen molar-refractivity contribution in [1.29, 1.82) is 0 Å². The second kappa shape index (κ2) is 11.5. The zero-order chi connectivity index (χ0) is 36.0. The number of nitrogens with zero attached hydrogens (tertiary/aromatic N) is 3. The van der Waals surface area contributed by atoms with Crippen LogP contribution in [0.2, 0.25) is 0 Å². The number of fused-ring (bicyclic) bond motifs is 11. The number of oxazole rings is 1. The molecule has 0 saturated heterocycles. The van der Waals surface area contributed by atoms with Gasteiger partial charge < -0.3 is 22.7 Å². The van der Waals surface area contributed by atoms with Gasteiger partial charge in [0.25, 0.3) is 0 Å². The van der Waals surface area contributed by atoms with E-state index >= 15 is 0 Å². The number of hydrogen-bond donors (Lipinski definition) is 0. The summed E-state index contributed by atoms with van der Waals surface area (Å²) in [6, 6.07) is 60.8. The van der Waals surface area contributed by atoms with E-state index < -0.39 is 0 Å². The number of aromatic nitrogens is 2. The Morgan fingerprint density at radius 1 is 0.455 bits per heavy atom. The number of benzene rings is 8. The van der Waals surface area contributed by atoms with Crippen LogP contribution >= 0.6 is 0 Å². The van der Waals surface area contributed by atoms with Gasteiger partial charge in [-0.2, -0.15) is 0 Å². The first-order valence-electron chi connectivity index (χ1n) is 18.4. The van der Waals surface area contributed by atoms with Gasteiger partial charge in [0.15, 0.2) is 11.2 Å². The number of rotatable bonds is 5. The summed E-state index contributed by atoms with van der Waals surface area (Å²) in [5.74, 6) is 0.576. The van der Waals surface area contributed by atoms with Gasteiger partial charge in [-0.3, -0.25) is 0 Å². The molecule has 0 atom stereocenters.